The Labute approximate surface area is 117 Å². The average Bonchev–Trinajstić information content (AvgIpc) is 2.73. The van der Waals surface area contributed by atoms with Gasteiger partial charge in [0.05, 0.1) is 12.0 Å². The van der Waals surface area contributed by atoms with Gasteiger partial charge in [-0.3, -0.25) is 0 Å². The molecule has 0 amide bonds. The Morgan fingerprint density at radius 1 is 1.33 bits per heavy atom. The summed E-state index contributed by atoms with van der Waals surface area (Å²) in [5.41, 5.74) is 2.27. The highest BCUT2D eigenvalue weighted by molar-refractivity contribution is 6.35. The minimum atomic E-state index is 0.673. The number of hydrogen-bond donors (Lipinski definition) is 1. The maximum Gasteiger partial charge on any atom is 0.0945 e. The van der Waals surface area contributed by atoms with E-state index < -0.39 is 0 Å². The van der Waals surface area contributed by atoms with Gasteiger partial charge in [-0.1, -0.05) is 29.3 Å². The molecule has 3 nitrogen and oxygen atoms in total. The van der Waals surface area contributed by atoms with E-state index in [0.29, 0.717) is 5.02 Å². The first-order valence-corrected chi connectivity index (χ1v) is 6.52. The van der Waals surface area contributed by atoms with Crippen molar-refractivity contribution in [3.8, 4) is 0 Å². The van der Waals surface area contributed by atoms with Crippen LogP contribution in [0.15, 0.2) is 30.7 Å². The molecule has 0 saturated heterocycles. The van der Waals surface area contributed by atoms with E-state index in [9.17, 15) is 0 Å². The van der Waals surface area contributed by atoms with E-state index in [1.807, 2.05) is 29.9 Å². The Morgan fingerprint density at radius 2 is 2.17 bits per heavy atom. The molecule has 0 aliphatic heterocycles. The SMILES string of the molecule is Cn1cncc1CNCCc1ccc(Cl)cc1Cl. The lowest BCUT2D eigenvalue weighted by Gasteiger charge is -2.07. The minimum absolute atomic E-state index is 0.673. The normalized spacial score (nSPS) is 10.8. The summed E-state index contributed by atoms with van der Waals surface area (Å²) in [6.45, 7) is 1.67. The van der Waals surface area contributed by atoms with Crippen LogP contribution in [0.2, 0.25) is 10.0 Å². The first-order chi connectivity index (χ1) is 8.66. The first kappa shape index (κ1) is 13.4. The molecule has 1 N–H and O–H groups in total. The van der Waals surface area contributed by atoms with E-state index in [-0.39, 0.29) is 0 Å². The molecule has 1 heterocycles. The van der Waals surface area contributed by atoms with Crippen molar-refractivity contribution in [1.29, 1.82) is 0 Å². The molecule has 0 aliphatic rings. The van der Waals surface area contributed by atoms with Gasteiger partial charge < -0.3 is 9.88 Å². The summed E-state index contributed by atoms with van der Waals surface area (Å²) in [4.78, 5) is 4.07. The van der Waals surface area contributed by atoms with E-state index in [0.717, 1.165) is 35.8 Å². The highest BCUT2D eigenvalue weighted by atomic mass is 35.5. The van der Waals surface area contributed by atoms with Gasteiger partial charge in [0, 0.05) is 29.8 Å². The molecule has 2 rings (SSSR count). The molecule has 96 valence electrons. The standard InChI is InChI=1S/C13H15Cl2N3/c1-18-9-17-8-12(18)7-16-5-4-10-2-3-11(14)6-13(10)15/h2-3,6,8-9,16H,4-5,7H2,1H3. The van der Waals surface area contributed by atoms with Gasteiger partial charge in [0.25, 0.3) is 0 Å². The van der Waals surface area contributed by atoms with Crippen molar-refractivity contribution in [2.24, 2.45) is 7.05 Å². The van der Waals surface area contributed by atoms with E-state index in [2.05, 4.69) is 10.3 Å². The third-order valence-corrected chi connectivity index (χ3v) is 3.40. The second kappa shape index (κ2) is 6.23. The molecule has 0 atom stereocenters. The van der Waals surface area contributed by atoms with E-state index in [1.165, 1.54) is 0 Å². The topological polar surface area (TPSA) is 29.9 Å². The zero-order chi connectivity index (χ0) is 13.0. The number of nitrogens with one attached hydrogen (secondary N) is 1. The molecular formula is C13H15Cl2N3. The Morgan fingerprint density at radius 3 is 2.83 bits per heavy atom. The molecule has 0 radical (unpaired) electrons. The van der Waals surface area contributed by atoms with Crippen LogP contribution in [0.5, 0.6) is 0 Å². The third-order valence-electron chi connectivity index (χ3n) is 2.81. The van der Waals surface area contributed by atoms with Gasteiger partial charge in [-0.2, -0.15) is 0 Å². The monoisotopic (exact) mass is 283 g/mol. The van der Waals surface area contributed by atoms with Crippen LogP contribution in [-0.2, 0) is 20.0 Å². The summed E-state index contributed by atoms with van der Waals surface area (Å²) in [7, 11) is 1.99. The molecule has 18 heavy (non-hydrogen) atoms. The third kappa shape index (κ3) is 3.48. The van der Waals surface area contributed by atoms with Crippen molar-refractivity contribution in [3.05, 3.63) is 52.0 Å². The molecule has 0 fully saturated rings. The predicted octanol–water partition coefficient (Wildman–Crippen LogP) is 3.06. The van der Waals surface area contributed by atoms with Crippen LogP contribution < -0.4 is 5.32 Å². The fraction of sp³-hybridized carbons (Fsp3) is 0.308. The number of benzene rings is 1. The lowest BCUT2D eigenvalue weighted by molar-refractivity contribution is 0.653. The molecule has 0 unspecified atom stereocenters. The summed E-state index contributed by atoms with van der Waals surface area (Å²) in [6, 6.07) is 5.61. The number of aryl methyl sites for hydroxylation is 1. The number of halogens is 2. The van der Waals surface area contributed by atoms with Gasteiger partial charge in [0.1, 0.15) is 0 Å². The van der Waals surface area contributed by atoms with Crippen molar-refractivity contribution in [2.75, 3.05) is 6.54 Å². The molecule has 0 aliphatic carbocycles. The van der Waals surface area contributed by atoms with Crippen molar-refractivity contribution in [1.82, 2.24) is 14.9 Å². The number of nitrogens with zero attached hydrogens (tertiary/aromatic N) is 2. The van der Waals surface area contributed by atoms with Gasteiger partial charge in [0.15, 0.2) is 0 Å². The van der Waals surface area contributed by atoms with Crippen molar-refractivity contribution in [3.63, 3.8) is 0 Å². The Kier molecular flexibility index (Phi) is 4.64. The lowest BCUT2D eigenvalue weighted by Crippen LogP contribution is -2.18. The molecule has 1 aromatic carbocycles. The van der Waals surface area contributed by atoms with Crippen LogP contribution in [0.4, 0.5) is 0 Å². The van der Waals surface area contributed by atoms with Crippen LogP contribution in [-0.4, -0.2) is 16.1 Å². The highest BCUT2D eigenvalue weighted by Gasteiger charge is 2.02. The minimum Gasteiger partial charge on any atom is -0.337 e. The van der Waals surface area contributed by atoms with Gasteiger partial charge in [-0.25, -0.2) is 4.98 Å². The number of hydrogen-bond acceptors (Lipinski definition) is 2. The van der Waals surface area contributed by atoms with E-state index in [4.69, 9.17) is 23.2 Å². The summed E-state index contributed by atoms with van der Waals surface area (Å²) in [6.07, 6.45) is 4.54. The fourth-order valence-corrected chi connectivity index (χ4v) is 2.22. The first-order valence-electron chi connectivity index (χ1n) is 5.76. The average molecular weight is 284 g/mol. The van der Waals surface area contributed by atoms with Crippen molar-refractivity contribution < 1.29 is 0 Å². The zero-order valence-corrected chi connectivity index (χ0v) is 11.7. The Balaban J connectivity index is 1.80. The largest absolute Gasteiger partial charge is 0.337 e. The predicted molar refractivity (Wildman–Crippen MR) is 75.1 cm³/mol. The Bertz CT molecular complexity index is 523. The lowest BCUT2D eigenvalue weighted by atomic mass is 10.1. The zero-order valence-electron chi connectivity index (χ0n) is 10.2. The molecule has 1 aromatic heterocycles. The van der Waals surface area contributed by atoms with Gasteiger partial charge in [0.2, 0.25) is 0 Å². The number of imidazole rings is 1. The molecule has 0 bridgehead atoms. The summed E-state index contributed by atoms with van der Waals surface area (Å²) < 4.78 is 2.00. The van der Waals surface area contributed by atoms with Gasteiger partial charge in [-0.15, -0.1) is 0 Å². The summed E-state index contributed by atoms with van der Waals surface area (Å²) >= 11 is 12.0. The van der Waals surface area contributed by atoms with Crippen molar-refractivity contribution >= 4 is 23.2 Å². The number of aromatic nitrogens is 2. The van der Waals surface area contributed by atoms with E-state index in [1.54, 1.807) is 12.4 Å². The number of rotatable bonds is 5. The highest BCUT2D eigenvalue weighted by Crippen LogP contribution is 2.21. The fourth-order valence-electron chi connectivity index (χ4n) is 1.72. The second-order valence-corrected chi connectivity index (χ2v) is 5.00. The Hall–Kier alpha value is -1.03. The van der Waals surface area contributed by atoms with Crippen LogP contribution in [0.1, 0.15) is 11.3 Å². The van der Waals surface area contributed by atoms with Gasteiger partial charge >= 0.3 is 0 Å². The summed E-state index contributed by atoms with van der Waals surface area (Å²) in [5, 5.41) is 4.77. The molecule has 2 aromatic rings. The molecule has 5 heteroatoms. The van der Waals surface area contributed by atoms with Crippen molar-refractivity contribution in [2.45, 2.75) is 13.0 Å². The quantitative estimate of drug-likeness (QED) is 0.855. The van der Waals surface area contributed by atoms with Crippen LogP contribution >= 0.6 is 23.2 Å². The second-order valence-electron chi connectivity index (χ2n) is 4.16. The molecular weight excluding hydrogens is 269 g/mol. The molecule has 0 spiro atoms. The summed E-state index contributed by atoms with van der Waals surface area (Å²) in [5.74, 6) is 0. The van der Waals surface area contributed by atoms with Crippen LogP contribution in [0.25, 0.3) is 0 Å². The van der Waals surface area contributed by atoms with E-state index >= 15 is 0 Å². The maximum absolute atomic E-state index is 6.11. The van der Waals surface area contributed by atoms with Gasteiger partial charge in [-0.05, 0) is 30.7 Å². The van der Waals surface area contributed by atoms with Crippen LogP contribution in [0.3, 0.4) is 0 Å². The molecule has 0 saturated carbocycles. The maximum atomic E-state index is 6.11. The van der Waals surface area contributed by atoms with Crippen LogP contribution in [0, 0.1) is 0 Å². The smallest absolute Gasteiger partial charge is 0.0945 e.